The first-order valence-corrected chi connectivity index (χ1v) is 10.9. The van der Waals surface area contributed by atoms with Crippen molar-refractivity contribution in [3.63, 3.8) is 0 Å². The van der Waals surface area contributed by atoms with Gasteiger partial charge in [0.2, 0.25) is 0 Å². The summed E-state index contributed by atoms with van der Waals surface area (Å²) in [4.78, 5) is 16.6. The molecule has 2 fully saturated rings. The highest BCUT2D eigenvalue weighted by atomic mass is 32.1. The van der Waals surface area contributed by atoms with E-state index in [4.69, 9.17) is 4.98 Å². The fourth-order valence-electron chi connectivity index (χ4n) is 3.76. The van der Waals surface area contributed by atoms with Gasteiger partial charge in [-0.3, -0.25) is 9.89 Å². The first-order valence-electron chi connectivity index (χ1n) is 10.0. The number of thiazole rings is 1. The number of rotatable bonds is 6. The summed E-state index contributed by atoms with van der Waals surface area (Å²) in [7, 11) is 1.89. The van der Waals surface area contributed by atoms with Crippen LogP contribution in [0, 0.1) is 5.92 Å². The Morgan fingerprint density at radius 3 is 2.58 bits per heavy atom. The minimum atomic E-state index is 0.738. The maximum atomic E-state index is 4.81. The Morgan fingerprint density at radius 1 is 1.19 bits per heavy atom. The summed E-state index contributed by atoms with van der Waals surface area (Å²) in [6, 6.07) is 0. The fourth-order valence-corrected chi connectivity index (χ4v) is 4.67. The van der Waals surface area contributed by atoms with Crippen LogP contribution >= 0.6 is 11.3 Å². The molecule has 3 heterocycles. The smallest absolute Gasteiger partial charge is 0.193 e. The van der Waals surface area contributed by atoms with Gasteiger partial charge in [-0.15, -0.1) is 11.3 Å². The molecule has 0 aliphatic carbocycles. The number of aromatic nitrogens is 1. The summed E-state index contributed by atoms with van der Waals surface area (Å²) in [5.41, 5.74) is 1.20. The Balaban J connectivity index is 1.41. The van der Waals surface area contributed by atoms with Crippen molar-refractivity contribution in [1.29, 1.82) is 0 Å². The molecule has 0 bridgehead atoms. The quantitative estimate of drug-likeness (QED) is 0.607. The maximum absolute atomic E-state index is 4.81. The van der Waals surface area contributed by atoms with Gasteiger partial charge in [-0.1, -0.05) is 13.8 Å². The van der Waals surface area contributed by atoms with Gasteiger partial charge in [0, 0.05) is 71.2 Å². The van der Waals surface area contributed by atoms with Crippen molar-refractivity contribution in [2.24, 2.45) is 10.9 Å². The van der Waals surface area contributed by atoms with Crippen molar-refractivity contribution in [2.75, 3.05) is 64.3 Å². The van der Waals surface area contributed by atoms with Gasteiger partial charge in [-0.25, -0.2) is 4.98 Å². The van der Waals surface area contributed by atoms with Gasteiger partial charge >= 0.3 is 0 Å². The Kier molecular flexibility index (Phi) is 7.14. The predicted molar refractivity (Wildman–Crippen MR) is 111 cm³/mol. The van der Waals surface area contributed by atoms with Gasteiger partial charge in [0.15, 0.2) is 11.1 Å². The van der Waals surface area contributed by atoms with E-state index in [0.717, 1.165) is 51.0 Å². The van der Waals surface area contributed by atoms with Crippen LogP contribution in [0.1, 0.15) is 32.4 Å². The molecule has 2 aliphatic heterocycles. The molecule has 1 N–H and O–H groups in total. The normalized spacial score (nSPS) is 19.6. The molecule has 7 heteroatoms. The SMILES string of the molecule is CN=C(NCCc1csc(N2CCCC2)n1)N1CCN(CC(C)C)CC1. The molecule has 0 amide bonds. The molecular weight excluding hydrogens is 344 g/mol. The van der Waals surface area contributed by atoms with Crippen LogP contribution in [0.5, 0.6) is 0 Å². The van der Waals surface area contributed by atoms with Crippen LogP contribution in [0.2, 0.25) is 0 Å². The Bertz CT molecular complexity index is 570. The summed E-state index contributed by atoms with van der Waals surface area (Å²) in [5.74, 6) is 1.77. The molecule has 3 rings (SSSR count). The van der Waals surface area contributed by atoms with Gasteiger partial charge in [0.1, 0.15) is 0 Å². The standard InChI is InChI=1S/C19H34N6S/c1-16(2)14-23-10-12-24(13-11-23)18(20-3)21-7-6-17-15-26-19(22-17)25-8-4-5-9-25/h15-16H,4-14H2,1-3H3,(H,20,21). The third-order valence-electron chi connectivity index (χ3n) is 5.09. The molecule has 0 radical (unpaired) electrons. The van der Waals surface area contributed by atoms with E-state index in [1.54, 1.807) is 11.3 Å². The molecule has 6 nitrogen and oxygen atoms in total. The zero-order valence-electron chi connectivity index (χ0n) is 16.6. The number of nitrogens with zero attached hydrogens (tertiary/aromatic N) is 5. The van der Waals surface area contributed by atoms with Crippen LogP contribution in [0.4, 0.5) is 5.13 Å². The zero-order chi connectivity index (χ0) is 18.4. The fraction of sp³-hybridized carbons (Fsp3) is 0.789. The molecule has 1 aromatic heterocycles. The van der Waals surface area contributed by atoms with Crippen LogP contribution in [0.25, 0.3) is 0 Å². The van der Waals surface area contributed by atoms with Gasteiger partial charge in [-0.05, 0) is 18.8 Å². The number of hydrogen-bond donors (Lipinski definition) is 1. The number of guanidine groups is 1. The highest BCUT2D eigenvalue weighted by Gasteiger charge is 2.20. The lowest BCUT2D eigenvalue weighted by molar-refractivity contribution is 0.164. The van der Waals surface area contributed by atoms with Crippen LogP contribution in [0.15, 0.2) is 10.4 Å². The third kappa shape index (κ3) is 5.33. The van der Waals surface area contributed by atoms with Gasteiger partial charge in [0.05, 0.1) is 5.69 Å². The van der Waals surface area contributed by atoms with Crippen LogP contribution in [-0.2, 0) is 6.42 Å². The van der Waals surface area contributed by atoms with Crippen LogP contribution < -0.4 is 10.2 Å². The summed E-state index contributed by atoms with van der Waals surface area (Å²) in [5, 5.41) is 6.94. The average Bonchev–Trinajstić information content (AvgIpc) is 3.30. The lowest BCUT2D eigenvalue weighted by atomic mass is 10.2. The number of nitrogens with one attached hydrogen (secondary N) is 1. The summed E-state index contributed by atoms with van der Waals surface area (Å²) < 4.78 is 0. The third-order valence-corrected chi connectivity index (χ3v) is 6.04. The lowest BCUT2D eigenvalue weighted by Crippen LogP contribution is -2.53. The number of aliphatic imine (C=N–C) groups is 1. The number of anilines is 1. The molecule has 2 aliphatic rings. The molecule has 1 aromatic rings. The maximum Gasteiger partial charge on any atom is 0.193 e. The van der Waals surface area contributed by atoms with Gasteiger partial charge < -0.3 is 15.1 Å². The summed E-state index contributed by atoms with van der Waals surface area (Å²) >= 11 is 1.79. The van der Waals surface area contributed by atoms with E-state index in [1.807, 2.05) is 7.05 Å². The Labute approximate surface area is 162 Å². The first-order chi connectivity index (χ1) is 12.7. The van der Waals surface area contributed by atoms with Crippen molar-refractivity contribution in [3.8, 4) is 0 Å². The lowest BCUT2D eigenvalue weighted by Gasteiger charge is -2.37. The molecule has 0 saturated carbocycles. The second kappa shape index (κ2) is 9.55. The number of hydrogen-bond acceptors (Lipinski definition) is 5. The first kappa shape index (κ1) is 19.4. The Hall–Kier alpha value is -1.34. The average molecular weight is 379 g/mol. The van der Waals surface area contributed by atoms with E-state index >= 15 is 0 Å². The molecule has 146 valence electrons. The Morgan fingerprint density at radius 2 is 1.92 bits per heavy atom. The van der Waals surface area contributed by atoms with Gasteiger partial charge in [-0.2, -0.15) is 0 Å². The van der Waals surface area contributed by atoms with Crippen molar-refractivity contribution in [1.82, 2.24) is 20.1 Å². The van der Waals surface area contributed by atoms with E-state index in [2.05, 4.69) is 44.2 Å². The molecule has 2 saturated heterocycles. The topological polar surface area (TPSA) is 47.0 Å². The monoisotopic (exact) mass is 378 g/mol. The molecule has 0 aromatic carbocycles. The van der Waals surface area contributed by atoms with Crippen molar-refractivity contribution >= 4 is 22.4 Å². The van der Waals surface area contributed by atoms with Crippen LogP contribution in [0.3, 0.4) is 0 Å². The van der Waals surface area contributed by atoms with Crippen LogP contribution in [-0.4, -0.2) is 80.1 Å². The highest BCUT2D eigenvalue weighted by molar-refractivity contribution is 7.13. The zero-order valence-corrected chi connectivity index (χ0v) is 17.4. The van der Waals surface area contributed by atoms with Gasteiger partial charge in [0.25, 0.3) is 0 Å². The minimum Gasteiger partial charge on any atom is -0.356 e. The molecule has 0 atom stereocenters. The molecule has 0 spiro atoms. The van der Waals surface area contributed by atoms with E-state index in [9.17, 15) is 0 Å². The van der Waals surface area contributed by atoms with E-state index in [0.29, 0.717) is 0 Å². The van der Waals surface area contributed by atoms with E-state index in [1.165, 1.54) is 43.3 Å². The minimum absolute atomic E-state index is 0.738. The summed E-state index contributed by atoms with van der Waals surface area (Å²) in [6.07, 6.45) is 3.56. The molecule has 26 heavy (non-hydrogen) atoms. The molecule has 0 unspecified atom stereocenters. The second-order valence-electron chi connectivity index (χ2n) is 7.72. The van der Waals surface area contributed by atoms with E-state index < -0.39 is 0 Å². The number of piperazine rings is 1. The largest absolute Gasteiger partial charge is 0.356 e. The summed E-state index contributed by atoms with van der Waals surface area (Å²) in [6.45, 7) is 13.4. The van der Waals surface area contributed by atoms with Crippen molar-refractivity contribution in [2.45, 2.75) is 33.1 Å². The van der Waals surface area contributed by atoms with E-state index in [-0.39, 0.29) is 0 Å². The highest BCUT2D eigenvalue weighted by Crippen LogP contribution is 2.24. The van der Waals surface area contributed by atoms with Crippen molar-refractivity contribution < 1.29 is 0 Å². The predicted octanol–water partition coefficient (Wildman–Crippen LogP) is 2.13. The molecular formula is C19H34N6S. The van der Waals surface area contributed by atoms with Crippen molar-refractivity contribution in [3.05, 3.63) is 11.1 Å². The second-order valence-corrected chi connectivity index (χ2v) is 8.56.